The van der Waals surface area contributed by atoms with E-state index in [4.69, 9.17) is 5.73 Å². The molecular formula is C18H28N4O2S. The van der Waals surface area contributed by atoms with Gasteiger partial charge in [-0.25, -0.2) is 8.42 Å². The maximum Gasteiger partial charge on any atom is 0.188 e. The first-order chi connectivity index (χ1) is 12.0. The highest BCUT2D eigenvalue weighted by Gasteiger charge is 2.31. The molecule has 6 nitrogen and oxygen atoms in total. The van der Waals surface area contributed by atoms with Crippen molar-refractivity contribution in [3.8, 4) is 0 Å². The molecule has 1 aromatic carbocycles. The Hall–Kier alpha value is -1.60. The first kappa shape index (κ1) is 18.2. The average molecular weight is 365 g/mol. The number of rotatable bonds is 5. The van der Waals surface area contributed by atoms with Gasteiger partial charge in [-0.1, -0.05) is 30.3 Å². The molecule has 2 saturated heterocycles. The molecule has 2 fully saturated rings. The molecule has 0 bridgehead atoms. The Kier molecular flexibility index (Phi) is 5.96. The molecule has 0 radical (unpaired) electrons. The van der Waals surface area contributed by atoms with Crippen molar-refractivity contribution in [2.75, 3.05) is 25.4 Å². The van der Waals surface area contributed by atoms with Crippen LogP contribution in [0.4, 0.5) is 0 Å². The third-order valence-corrected chi connectivity index (χ3v) is 7.37. The van der Waals surface area contributed by atoms with Crippen LogP contribution in [0.1, 0.15) is 31.2 Å². The molecule has 0 spiro atoms. The fraction of sp³-hybridized carbons (Fsp3) is 0.611. The van der Waals surface area contributed by atoms with E-state index in [9.17, 15) is 8.42 Å². The molecule has 2 heterocycles. The van der Waals surface area contributed by atoms with E-state index in [-0.39, 0.29) is 11.8 Å². The van der Waals surface area contributed by atoms with Crippen molar-refractivity contribution in [1.29, 1.82) is 0 Å². The van der Waals surface area contributed by atoms with Crippen molar-refractivity contribution in [2.24, 2.45) is 10.7 Å². The van der Waals surface area contributed by atoms with E-state index in [0.717, 1.165) is 38.9 Å². The van der Waals surface area contributed by atoms with Gasteiger partial charge in [0.25, 0.3) is 0 Å². The average Bonchev–Trinajstić information content (AvgIpc) is 2.94. The predicted octanol–water partition coefficient (Wildman–Crippen LogP) is 1.13. The van der Waals surface area contributed by atoms with Gasteiger partial charge in [0, 0.05) is 25.7 Å². The molecule has 2 aliphatic heterocycles. The highest BCUT2D eigenvalue weighted by atomic mass is 32.2. The highest BCUT2D eigenvalue weighted by Crippen LogP contribution is 2.20. The molecule has 25 heavy (non-hydrogen) atoms. The van der Waals surface area contributed by atoms with Crippen LogP contribution in [-0.4, -0.2) is 56.0 Å². The van der Waals surface area contributed by atoms with Crippen LogP contribution in [0, 0.1) is 0 Å². The number of nitrogens with zero attached hydrogens (tertiary/aromatic N) is 2. The lowest BCUT2D eigenvalue weighted by Gasteiger charge is -2.32. The van der Waals surface area contributed by atoms with Crippen molar-refractivity contribution >= 4 is 15.8 Å². The summed E-state index contributed by atoms with van der Waals surface area (Å²) < 4.78 is 23.6. The van der Waals surface area contributed by atoms with E-state index >= 15 is 0 Å². The minimum Gasteiger partial charge on any atom is -0.370 e. The molecule has 1 aromatic rings. The Morgan fingerprint density at radius 3 is 2.56 bits per heavy atom. The Morgan fingerprint density at radius 1 is 1.20 bits per heavy atom. The fourth-order valence-electron chi connectivity index (χ4n) is 3.60. The standard InChI is InChI=1S/C18H28N4O2S/c19-18(20-13-17-7-4-12-25(17,23)24)21-16-8-10-22(11-9-16)14-15-5-2-1-3-6-15/h1-3,5-6,16-17H,4,7-14H2,(H3,19,20,21). The van der Waals surface area contributed by atoms with Gasteiger partial charge in [0.05, 0.1) is 17.5 Å². The summed E-state index contributed by atoms with van der Waals surface area (Å²) in [6.07, 6.45) is 3.49. The van der Waals surface area contributed by atoms with Crippen LogP contribution >= 0.6 is 0 Å². The predicted molar refractivity (Wildman–Crippen MR) is 101 cm³/mol. The molecule has 2 aliphatic rings. The van der Waals surface area contributed by atoms with E-state index in [1.54, 1.807) is 0 Å². The Balaban J connectivity index is 1.41. The number of hydrogen-bond acceptors (Lipinski definition) is 4. The van der Waals surface area contributed by atoms with E-state index in [2.05, 4.69) is 39.5 Å². The normalized spacial score (nSPS) is 25.1. The van der Waals surface area contributed by atoms with Gasteiger partial charge in [-0.2, -0.15) is 0 Å². The summed E-state index contributed by atoms with van der Waals surface area (Å²) in [6.45, 7) is 3.32. The summed E-state index contributed by atoms with van der Waals surface area (Å²) in [6, 6.07) is 10.8. The molecule has 0 aromatic heterocycles. The number of hydrogen-bond donors (Lipinski definition) is 2. The Labute approximate surface area is 150 Å². The van der Waals surface area contributed by atoms with Crippen LogP contribution < -0.4 is 11.1 Å². The summed E-state index contributed by atoms with van der Waals surface area (Å²) in [5.41, 5.74) is 7.30. The first-order valence-corrected chi connectivity index (χ1v) is 10.8. The molecule has 0 aliphatic carbocycles. The van der Waals surface area contributed by atoms with Gasteiger partial charge in [0.2, 0.25) is 0 Å². The van der Waals surface area contributed by atoms with E-state index < -0.39 is 9.84 Å². The topological polar surface area (TPSA) is 87.8 Å². The number of benzene rings is 1. The van der Waals surface area contributed by atoms with Gasteiger partial charge < -0.3 is 11.1 Å². The fourth-order valence-corrected chi connectivity index (χ4v) is 5.33. The van der Waals surface area contributed by atoms with Crippen molar-refractivity contribution in [3.63, 3.8) is 0 Å². The number of piperidine rings is 1. The second-order valence-electron chi connectivity index (χ2n) is 7.04. The van der Waals surface area contributed by atoms with Crippen molar-refractivity contribution < 1.29 is 8.42 Å². The van der Waals surface area contributed by atoms with E-state index in [0.29, 0.717) is 24.2 Å². The lowest BCUT2D eigenvalue weighted by Crippen LogP contribution is -2.47. The van der Waals surface area contributed by atoms with Crippen molar-refractivity contribution in [3.05, 3.63) is 35.9 Å². The largest absolute Gasteiger partial charge is 0.370 e. The molecule has 138 valence electrons. The SMILES string of the molecule is NC(=NCC1CCCS1(=O)=O)NC1CCN(Cc2ccccc2)CC1. The lowest BCUT2D eigenvalue weighted by molar-refractivity contribution is 0.199. The van der Waals surface area contributed by atoms with Crippen LogP contribution in [0.5, 0.6) is 0 Å². The number of nitrogens with one attached hydrogen (secondary N) is 1. The van der Waals surface area contributed by atoms with Gasteiger partial charge in [-0.15, -0.1) is 0 Å². The molecular weight excluding hydrogens is 336 g/mol. The summed E-state index contributed by atoms with van der Waals surface area (Å²) in [5, 5.41) is 2.91. The number of likely N-dealkylation sites (tertiary alicyclic amines) is 1. The third kappa shape index (κ3) is 5.19. The zero-order valence-electron chi connectivity index (χ0n) is 14.6. The number of nitrogens with two attached hydrogens (primary N) is 1. The highest BCUT2D eigenvalue weighted by molar-refractivity contribution is 7.92. The molecule has 0 amide bonds. The summed E-state index contributed by atoms with van der Waals surface area (Å²) in [7, 11) is -2.95. The van der Waals surface area contributed by atoms with Gasteiger partial charge in [-0.05, 0) is 31.2 Å². The van der Waals surface area contributed by atoms with Crippen LogP contribution in [0.2, 0.25) is 0 Å². The van der Waals surface area contributed by atoms with Crippen molar-refractivity contribution in [2.45, 2.75) is 43.5 Å². The van der Waals surface area contributed by atoms with Crippen LogP contribution in [0.3, 0.4) is 0 Å². The van der Waals surface area contributed by atoms with Crippen LogP contribution in [0.25, 0.3) is 0 Å². The van der Waals surface area contributed by atoms with Gasteiger partial charge in [-0.3, -0.25) is 9.89 Å². The van der Waals surface area contributed by atoms with Crippen LogP contribution in [-0.2, 0) is 16.4 Å². The summed E-state index contributed by atoms with van der Waals surface area (Å²) in [5.74, 6) is 0.670. The lowest BCUT2D eigenvalue weighted by atomic mass is 10.0. The molecule has 0 saturated carbocycles. The maximum absolute atomic E-state index is 11.8. The Bertz CT molecular complexity index is 682. The Morgan fingerprint density at radius 2 is 1.92 bits per heavy atom. The van der Waals surface area contributed by atoms with E-state index in [1.165, 1.54) is 5.56 Å². The monoisotopic (exact) mass is 364 g/mol. The maximum atomic E-state index is 11.8. The molecule has 3 N–H and O–H groups in total. The molecule has 7 heteroatoms. The van der Waals surface area contributed by atoms with Gasteiger partial charge in [0.15, 0.2) is 15.8 Å². The molecule has 3 rings (SSSR count). The number of aliphatic imine (C=N–C) groups is 1. The zero-order chi connectivity index (χ0) is 17.7. The molecule has 1 unspecified atom stereocenters. The minimum absolute atomic E-state index is 0.286. The second kappa shape index (κ2) is 8.19. The van der Waals surface area contributed by atoms with Gasteiger partial charge >= 0.3 is 0 Å². The number of sulfone groups is 1. The van der Waals surface area contributed by atoms with Gasteiger partial charge in [0.1, 0.15) is 0 Å². The van der Waals surface area contributed by atoms with Crippen molar-refractivity contribution in [1.82, 2.24) is 10.2 Å². The third-order valence-electron chi connectivity index (χ3n) is 5.12. The quantitative estimate of drug-likeness (QED) is 0.604. The second-order valence-corrected chi connectivity index (χ2v) is 9.44. The zero-order valence-corrected chi connectivity index (χ0v) is 15.4. The smallest absolute Gasteiger partial charge is 0.188 e. The minimum atomic E-state index is -2.95. The first-order valence-electron chi connectivity index (χ1n) is 9.07. The summed E-state index contributed by atoms with van der Waals surface area (Å²) >= 11 is 0. The van der Waals surface area contributed by atoms with E-state index in [1.807, 2.05) is 6.07 Å². The molecule has 1 atom stereocenters. The number of guanidine groups is 1. The summed E-state index contributed by atoms with van der Waals surface area (Å²) in [4.78, 5) is 6.72. The van der Waals surface area contributed by atoms with Crippen LogP contribution in [0.15, 0.2) is 35.3 Å².